The van der Waals surface area contributed by atoms with E-state index in [4.69, 9.17) is 9.84 Å². The van der Waals surface area contributed by atoms with E-state index >= 15 is 0 Å². The van der Waals surface area contributed by atoms with Crippen LogP contribution in [0.1, 0.15) is 55.4 Å². The molecular formula is C25H34N2O7S3. The van der Waals surface area contributed by atoms with Crippen LogP contribution in [0.2, 0.25) is 0 Å². The van der Waals surface area contributed by atoms with E-state index in [1.165, 1.54) is 0 Å². The Morgan fingerprint density at radius 1 is 1.14 bits per heavy atom. The van der Waals surface area contributed by atoms with Crippen molar-refractivity contribution in [2.75, 3.05) is 26.0 Å². The maximum absolute atomic E-state index is 12.4. The van der Waals surface area contributed by atoms with E-state index in [1.807, 2.05) is 24.3 Å². The molecule has 0 radical (unpaired) electrons. The molecule has 204 valence electrons. The number of carboxylic acid groups (broad SMARTS) is 1. The highest BCUT2D eigenvalue weighted by Gasteiger charge is 2.12. The van der Waals surface area contributed by atoms with Gasteiger partial charge in [-0.3, -0.25) is 24.2 Å². The summed E-state index contributed by atoms with van der Waals surface area (Å²) in [5, 5.41) is 18.3. The molecule has 1 heterocycles. The first kappa shape index (κ1) is 30.8. The van der Waals surface area contributed by atoms with Crippen LogP contribution in [-0.4, -0.2) is 68.3 Å². The molecule has 1 aromatic carbocycles. The van der Waals surface area contributed by atoms with Crippen LogP contribution in [0.4, 0.5) is 0 Å². The summed E-state index contributed by atoms with van der Waals surface area (Å²) in [6.45, 7) is 0.831. The lowest BCUT2D eigenvalue weighted by molar-refractivity contribution is -0.138. The number of nitrogens with zero attached hydrogens (tertiary/aromatic N) is 1. The van der Waals surface area contributed by atoms with Crippen LogP contribution in [0.3, 0.4) is 0 Å². The molecule has 1 amide bonds. The van der Waals surface area contributed by atoms with E-state index in [2.05, 4.69) is 17.6 Å². The molecule has 0 aliphatic rings. The molecule has 1 aromatic heterocycles. The van der Waals surface area contributed by atoms with Crippen LogP contribution < -0.4 is 9.61 Å². The van der Waals surface area contributed by atoms with Crippen LogP contribution >= 0.6 is 35.7 Å². The second kappa shape index (κ2) is 16.4. The topological polar surface area (TPSA) is 137 Å². The van der Waals surface area contributed by atoms with Crippen molar-refractivity contribution in [3.8, 4) is 11.6 Å². The molecule has 2 rings (SSSR count). The predicted octanol–water partition coefficient (Wildman–Crippen LogP) is 3.94. The van der Waals surface area contributed by atoms with Crippen molar-refractivity contribution in [3.05, 3.63) is 44.4 Å². The lowest BCUT2D eigenvalue weighted by atomic mass is 10.1. The molecule has 37 heavy (non-hydrogen) atoms. The number of aromatic nitrogens is 1. The predicted molar refractivity (Wildman–Crippen MR) is 149 cm³/mol. The molecule has 3 N–H and O–H groups in total. The number of hydrogen-bond acceptors (Lipinski definition) is 9. The Labute approximate surface area is 230 Å². The lowest BCUT2D eigenvalue weighted by Gasteiger charge is -2.18. The van der Waals surface area contributed by atoms with Gasteiger partial charge in [-0.1, -0.05) is 41.7 Å². The van der Waals surface area contributed by atoms with Crippen LogP contribution in [0.15, 0.2) is 29.1 Å². The maximum atomic E-state index is 12.4. The first-order chi connectivity index (χ1) is 17.6. The summed E-state index contributed by atoms with van der Waals surface area (Å²) in [6, 6.07) is 7.39. The summed E-state index contributed by atoms with van der Waals surface area (Å²) < 4.78 is 5.74. The van der Waals surface area contributed by atoms with Crippen LogP contribution in [0, 0.1) is 0 Å². The number of hydrogen-bond donors (Lipinski definition) is 4. The van der Waals surface area contributed by atoms with Crippen molar-refractivity contribution in [1.29, 1.82) is 0 Å². The molecule has 0 saturated heterocycles. The highest BCUT2D eigenvalue weighted by atomic mass is 32.2. The summed E-state index contributed by atoms with van der Waals surface area (Å²) in [5.74, 6) is 0.300. The van der Waals surface area contributed by atoms with Crippen LogP contribution in [0.25, 0.3) is 0 Å². The number of thiazole rings is 1. The number of amides is 1. The van der Waals surface area contributed by atoms with Gasteiger partial charge in [0.25, 0.3) is 0 Å². The zero-order valence-corrected chi connectivity index (χ0v) is 23.3. The third-order valence-electron chi connectivity index (χ3n) is 5.54. The summed E-state index contributed by atoms with van der Waals surface area (Å²) in [7, 11) is 1.75. The standard InChI is InChI=1S/C25H34N2O7S3/c1-27(21(28)5-3-2-4-19(35)12-15-36-23(31)11-10-22(29)30)13-14-34-18-8-6-17(7-9-18)16-20-24(32)26-25(33)37-20/h6-9,19,32,35H,2-5,10-16H2,1H3,(H,26,33)(H,29,30). The SMILES string of the molecule is CN(CCOc1ccc(Cc2sc(=O)[nH]c2O)cc1)C(=O)CCCCC(S)CCSC(=O)CCC(=O)O. The molecule has 2 aromatic rings. The molecule has 1 unspecified atom stereocenters. The van der Waals surface area contributed by atoms with Crippen molar-refractivity contribution in [1.82, 2.24) is 9.88 Å². The fourth-order valence-corrected chi connectivity index (χ4v) is 5.49. The second-order valence-electron chi connectivity index (χ2n) is 8.57. The number of carbonyl (C=O) groups is 3. The summed E-state index contributed by atoms with van der Waals surface area (Å²) in [6.07, 6.45) is 4.06. The molecule has 12 heteroatoms. The van der Waals surface area contributed by atoms with E-state index in [0.717, 1.165) is 54.3 Å². The number of unbranched alkanes of at least 4 members (excludes halogenated alkanes) is 1. The first-order valence-electron chi connectivity index (χ1n) is 12.1. The smallest absolute Gasteiger partial charge is 0.307 e. The Kier molecular flexibility index (Phi) is 13.7. The Morgan fingerprint density at radius 2 is 1.86 bits per heavy atom. The molecule has 1 atom stereocenters. The largest absolute Gasteiger partial charge is 0.494 e. The van der Waals surface area contributed by atoms with Gasteiger partial charge in [-0.15, -0.1) is 0 Å². The molecule has 0 fully saturated rings. The average molecular weight is 571 g/mol. The minimum absolute atomic E-state index is 0.0519. The second-order valence-corrected chi connectivity index (χ2v) is 11.5. The number of ether oxygens (including phenoxy) is 1. The molecule has 0 spiro atoms. The lowest BCUT2D eigenvalue weighted by Crippen LogP contribution is -2.30. The van der Waals surface area contributed by atoms with Crippen molar-refractivity contribution in [3.63, 3.8) is 0 Å². The van der Waals surface area contributed by atoms with Crippen molar-refractivity contribution in [2.45, 2.75) is 56.6 Å². The monoisotopic (exact) mass is 570 g/mol. The molecule has 0 aliphatic heterocycles. The fourth-order valence-electron chi connectivity index (χ4n) is 3.37. The highest BCUT2D eigenvalue weighted by Crippen LogP contribution is 2.22. The number of aromatic hydroxyl groups is 1. The van der Waals surface area contributed by atoms with Gasteiger partial charge in [0.1, 0.15) is 12.4 Å². The summed E-state index contributed by atoms with van der Waals surface area (Å²) in [4.78, 5) is 50.0. The van der Waals surface area contributed by atoms with Crippen molar-refractivity contribution in [2.24, 2.45) is 0 Å². The van der Waals surface area contributed by atoms with Gasteiger partial charge in [0, 0.05) is 37.3 Å². The van der Waals surface area contributed by atoms with Gasteiger partial charge in [-0.05, 0) is 37.0 Å². The molecule has 0 saturated carbocycles. The first-order valence-corrected chi connectivity index (χ1v) is 14.4. The minimum atomic E-state index is -0.964. The van der Waals surface area contributed by atoms with Crippen molar-refractivity contribution >= 4 is 52.7 Å². The number of benzene rings is 1. The third-order valence-corrected chi connectivity index (χ3v) is 7.90. The third kappa shape index (κ3) is 12.6. The van der Waals surface area contributed by atoms with Crippen LogP contribution in [-0.2, 0) is 20.8 Å². The van der Waals surface area contributed by atoms with Crippen LogP contribution in [0.5, 0.6) is 11.6 Å². The van der Waals surface area contributed by atoms with E-state index in [0.29, 0.717) is 42.4 Å². The number of likely N-dealkylation sites (N-methyl/N-ethyl adjacent to an activating group) is 1. The molecule has 0 bridgehead atoms. The fraction of sp³-hybridized carbons (Fsp3) is 0.520. The van der Waals surface area contributed by atoms with Gasteiger partial charge in [0.15, 0.2) is 5.12 Å². The maximum Gasteiger partial charge on any atom is 0.307 e. The number of aromatic amines is 1. The number of carbonyl (C=O) groups excluding carboxylic acids is 2. The van der Waals surface area contributed by atoms with Gasteiger partial charge in [-0.25, -0.2) is 0 Å². The number of H-pyrrole nitrogens is 1. The zero-order chi connectivity index (χ0) is 27.2. The van der Waals surface area contributed by atoms with Gasteiger partial charge in [0.05, 0.1) is 17.8 Å². The Morgan fingerprint density at radius 3 is 2.51 bits per heavy atom. The minimum Gasteiger partial charge on any atom is -0.494 e. The number of nitrogens with one attached hydrogen (secondary N) is 1. The summed E-state index contributed by atoms with van der Waals surface area (Å²) >= 11 is 6.69. The van der Waals surface area contributed by atoms with E-state index < -0.39 is 5.97 Å². The van der Waals surface area contributed by atoms with E-state index in [-0.39, 0.29) is 39.9 Å². The molecule has 9 nitrogen and oxygen atoms in total. The zero-order valence-electron chi connectivity index (χ0n) is 20.8. The van der Waals surface area contributed by atoms with Gasteiger partial charge < -0.3 is 19.8 Å². The quantitative estimate of drug-likeness (QED) is 0.166. The number of thiol groups is 1. The number of aliphatic carboxylic acids is 1. The van der Waals surface area contributed by atoms with E-state index in [9.17, 15) is 24.3 Å². The Balaban J connectivity index is 1.55. The van der Waals surface area contributed by atoms with E-state index in [1.54, 1.807) is 11.9 Å². The van der Waals surface area contributed by atoms with Gasteiger partial charge in [-0.2, -0.15) is 12.6 Å². The Bertz CT molecular complexity index is 1070. The summed E-state index contributed by atoms with van der Waals surface area (Å²) in [5.41, 5.74) is 0.941. The highest BCUT2D eigenvalue weighted by molar-refractivity contribution is 8.13. The number of carboxylic acids is 1. The average Bonchev–Trinajstić information content (AvgIpc) is 3.17. The normalized spacial score (nSPS) is 11.7. The molecular weight excluding hydrogens is 536 g/mol. The Hall–Kier alpha value is -2.44. The number of thioether (sulfide) groups is 1. The van der Waals surface area contributed by atoms with Crippen molar-refractivity contribution < 1.29 is 29.3 Å². The van der Waals surface area contributed by atoms with Gasteiger partial charge >= 0.3 is 10.8 Å². The molecule has 0 aliphatic carbocycles. The van der Waals surface area contributed by atoms with Gasteiger partial charge in [0.2, 0.25) is 11.8 Å². The number of rotatable bonds is 17.